The van der Waals surface area contributed by atoms with E-state index in [1.807, 2.05) is 24.3 Å². The number of carbonyl (C=O) groups is 3. The maximum absolute atomic E-state index is 12.6. The number of aliphatic carboxylic acids is 1. The lowest BCUT2D eigenvalue weighted by molar-refractivity contribution is -0.138. The van der Waals surface area contributed by atoms with Gasteiger partial charge in [-0.15, -0.1) is 0 Å². The summed E-state index contributed by atoms with van der Waals surface area (Å²) in [6.07, 6.45) is -0.653. The van der Waals surface area contributed by atoms with Crippen LogP contribution in [0.3, 0.4) is 0 Å². The van der Waals surface area contributed by atoms with Crippen LogP contribution in [0.4, 0.5) is 4.79 Å². The van der Waals surface area contributed by atoms with Crippen molar-refractivity contribution in [3.8, 4) is 11.1 Å². The Labute approximate surface area is 192 Å². The number of carboxylic acids is 1. The van der Waals surface area contributed by atoms with Crippen LogP contribution in [0.25, 0.3) is 11.1 Å². The number of benzene rings is 2. The third kappa shape index (κ3) is 5.17. The highest BCUT2D eigenvalue weighted by molar-refractivity contribution is 5.83. The lowest BCUT2D eigenvalue weighted by Crippen LogP contribution is -2.50. The van der Waals surface area contributed by atoms with Crippen LogP contribution >= 0.6 is 0 Å². The van der Waals surface area contributed by atoms with Crippen LogP contribution in [-0.2, 0) is 19.1 Å². The smallest absolute Gasteiger partial charge is 0.407 e. The third-order valence-corrected chi connectivity index (χ3v) is 6.18. The van der Waals surface area contributed by atoms with Gasteiger partial charge in [0, 0.05) is 25.0 Å². The molecule has 1 aliphatic heterocycles. The van der Waals surface area contributed by atoms with Gasteiger partial charge in [0.1, 0.15) is 6.61 Å². The van der Waals surface area contributed by atoms with Crippen molar-refractivity contribution in [2.75, 3.05) is 13.2 Å². The summed E-state index contributed by atoms with van der Waals surface area (Å²) in [5.74, 6) is -1.32. The number of alkyl carbamates (subject to hydrolysis) is 1. The SMILES string of the molecule is CC(CCC(=O)O)NC(=O)[C@H]1OCC[C@H]1NC(=O)OCC1c2ccccc2-c2ccccc21. The first-order chi connectivity index (χ1) is 15.9. The molecule has 33 heavy (non-hydrogen) atoms. The van der Waals surface area contributed by atoms with Crippen LogP contribution in [0, 0.1) is 0 Å². The van der Waals surface area contributed by atoms with E-state index in [1.165, 1.54) is 0 Å². The van der Waals surface area contributed by atoms with Crippen LogP contribution in [0.1, 0.15) is 43.2 Å². The first-order valence-electron chi connectivity index (χ1n) is 11.2. The molecule has 174 valence electrons. The largest absolute Gasteiger partial charge is 0.481 e. The molecule has 0 saturated carbocycles. The second kappa shape index (κ2) is 10.0. The molecule has 0 bridgehead atoms. The van der Waals surface area contributed by atoms with Crippen molar-refractivity contribution in [1.29, 1.82) is 0 Å². The van der Waals surface area contributed by atoms with Gasteiger partial charge in [-0.1, -0.05) is 48.5 Å². The van der Waals surface area contributed by atoms with Gasteiger partial charge in [-0.25, -0.2) is 4.79 Å². The van der Waals surface area contributed by atoms with Gasteiger partial charge in [-0.05, 0) is 42.0 Å². The van der Waals surface area contributed by atoms with Gasteiger partial charge in [0.25, 0.3) is 5.91 Å². The van der Waals surface area contributed by atoms with E-state index in [2.05, 4.69) is 34.9 Å². The Hall–Kier alpha value is -3.39. The molecule has 0 radical (unpaired) electrons. The molecule has 3 atom stereocenters. The number of nitrogens with one attached hydrogen (secondary N) is 2. The second-order valence-corrected chi connectivity index (χ2v) is 8.50. The van der Waals surface area contributed by atoms with Crippen molar-refractivity contribution in [3.63, 3.8) is 0 Å². The van der Waals surface area contributed by atoms with E-state index in [4.69, 9.17) is 14.6 Å². The summed E-state index contributed by atoms with van der Waals surface area (Å²) in [5, 5.41) is 14.3. The lowest BCUT2D eigenvalue weighted by Gasteiger charge is -2.22. The van der Waals surface area contributed by atoms with E-state index in [0.29, 0.717) is 19.4 Å². The molecule has 0 aromatic heterocycles. The molecule has 4 rings (SSSR count). The average Bonchev–Trinajstić information content (AvgIpc) is 3.39. The summed E-state index contributed by atoms with van der Waals surface area (Å²) >= 11 is 0. The van der Waals surface area contributed by atoms with Gasteiger partial charge < -0.3 is 25.2 Å². The molecule has 0 spiro atoms. The van der Waals surface area contributed by atoms with E-state index in [9.17, 15) is 14.4 Å². The zero-order valence-corrected chi connectivity index (χ0v) is 18.5. The van der Waals surface area contributed by atoms with Gasteiger partial charge in [-0.3, -0.25) is 9.59 Å². The van der Waals surface area contributed by atoms with E-state index in [1.54, 1.807) is 6.92 Å². The number of hydrogen-bond donors (Lipinski definition) is 3. The minimum Gasteiger partial charge on any atom is -0.481 e. The Bertz CT molecular complexity index is 994. The number of carboxylic acid groups (broad SMARTS) is 1. The van der Waals surface area contributed by atoms with Gasteiger partial charge in [-0.2, -0.15) is 0 Å². The molecule has 1 saturated heterocycles. The Kier molecular flexibility index (Phi) is 6.93. The van der Waals surface area contributed by atoms with Crippen LogP contribution in [-0.4, -0.2) is 54.5 Å². The molecular formula is C25H28N2O6. The predicted octanol–water partition coefficient (Wildman–Crippen LogP) is 3.05. The van der Waals surface area contributed by atoms with Crippen molar-refractivity contribution in [2.24, 2.45) is 0 Å². The van der Waals surface area contributed by atoms with Gasteiger partial charge >= 0.3 is 12.1 Å². The first kappa shape index (κ1) is 22.8. The van der Waals surface area contributed by atoms with E-state index in [0.717, 1.165) is 22.3 Å². The quantitative estimate of drug-likeness (QED) is 0.567. The van der Waals surface area contributed by atoms with Gasteiger partial charge in [0.05, 0.1) is 6.04 Å². The molecule has 3 N–H and O–H groups in total. The fourth-order valence-electron chi connectivity index (χ4n) is 4.52. The highest BCUT2D eigenvalue weighted by atomic mass is 16.6. The number of ether oxygens (including phenoxy) is 2. The molecule has 8 nitrogen and oxygen atoms in total. The Morgan fingerprint density at radius 1 is 1.09 bits per heavy atom. The standard InChI is InChI=1S/C25H28N2O6/c1-15(10-11-22(28)29)26-24(30)23-21(12-13-32-23)27-25(31)33-14-20-18-8-4-2-6-16(18)17-7-3-5-9-19(17)20/h2-9,15,20-21,23H,10-14H2,1H3,(H,26,30)(H,27,31)(H,28,29)/t15?,21-,23+/m1/s1. The monoisotopic (exact) mass is 452 g/mol. The molecule has 1 unspecified atom stereocenters. The Morgan fingerprint density at radius 2 is 1.73 bits per heavy atom. The topological polar surface area (TPSA) is 114 Å². The maximum atomic E-state index is 12.6. The van der Waals surface area contributed by atoms with Crippen LogP contribution in [0.2, 0.25) is 0 Å². The van der Waals surface area contributed by atoms with Crippen molar-refractivity contribution < 1.29 is 29.0 Å². The molecule has 1 aliphatic carbocycles. The zero-order chi connectivity index (χ0) is 23.4. The summed E-state index contributed by atoms with van der Waals surface area (Å²) in [4.78, 5) is 35.8. The molecule has 1 heterocycles. The van der Waals surface area contributed by atoms with Gasteiger partial charge in [0.2, 0.25) is 0 Å². The maximum Gasteiger partial charge on any atom is 0.407 e. The van der Waals surface area contributed by atoms with Crippen molar-refractivity contribution >= 4 is 18.0 Å². The number of rotatable bonds is 8. The van der Waals surface area contributed by atoms with Crippen molar-refractivity contribution in [2.45, 2.75) is 50.3 Å². The zero-order valence-electron chi connectivity index (χ0n) is 18.5. The number of hydrogen-bond acceptors (Lipinski definition) is 5. The molecular weight excluding hydrogens is 424 g/mol. The molecule has 2 aromatic carbocycles. The molecule has 8 heteroatoms. The van der Waals surface area contributed by atoms with E-state index < -0.39 is 24.2 Å². The second-order valence-electron chi connectivity index (χ2n) is 8.50. The fourth-order valence-corrected chi connectivity index (χ4v) is 4.52. The summed E-state index contributed by atoms with van der Waals surface area (Å²) < 4.78 is 11.1. The van der Waals surface area contributed by atoms with E-state index in [-0.39, 0.29) is 30.9 Å². The normalized spacial score (nSPS) is 19.9. The average molecular weight is 453 g/mol. The number of fused-ring (bicyclic) bond motifs is 3. The summed E-state index contributed by atoms with van der Waals surface area (Å²) in [7, 11) is 0. The minimum absolute atomic E-state index is 0.0333. The third-order valence-electron chi connectivity index (χ3n) is 6.18. The molecule has 1 fully saturated rings. The lowest BCUT2D eigenvalue weighted by atomic mass is 9.98. The summed E-state index contributed by atoms with van der Waals surface area (Å²) in [5.41, 5.74) is 4.56. The Balaban J connectivity index is 1.32. The first-order valence-corrected chi connectivity index (χ1v) is 11.2. The molecule has 2 aromatic rings. The Morgan fingerprint density at radius 3 is 2.36 bits per heavy atom. The molecule has 2 amide bonds. The number of carbonyl (C=O) groups excluding carboxylic acids is 2. The highest BCUT2D eigenvalue weighted by Crippen LogP contribution is 2.44. The van der Waals surface area contributed by atoms with Crippen LogP contribution in [0.5, 0.6) is 0 Å². The number of amides is 2. The molecule has 2 aliphatic rings. The van der Waals surface area contributed by atoms with E-state index >= 15 is 0 Å². The van der Waals surface area contributed by atoms with Gasteiger partial charge in [0.15, 0.2) is 6.10 Å². The predicted molar refractivity (Wildman–Crippen MR) is 121 cm³/mol. The summed E-state index contributed by atoms with van der Waals surface area (Å²) in [6, 6.07) is 15.4. The summed E-state index contributed by atoms with van der Waals surface area (Å²) in [6.45, 7) is 2.27. The minimum atomic E-state index is -0.914. The highest BCUT2D eigenvalue weighted by Gasteiger charge is 2.36. The van der Waals surface area contributed by atoms with Crippen molar-refractivity contribution in [1.82, 2.24) is 10.6 Å². The van der Waals surface area contributed by atoms with Crippen LogP contribution < -0.4 is 10.6 Å². The van der Waals surface area contributed by atoms with Crippen molar-refractivity contribution in [3.05, 3.63) is 59.7 Å². The fraction of sp³-hybridized carbons (Fsp3) is 0.400. The van der Waals surface area contributed by atoms with Crippen LogP contribution in [0.15, 0.2) is 48.5 Å².